The summed E-state index contributed by atoms with van der Waals surface area (Å²) in [7, 11) is 0. The van der Waals surface area contributed by atoms with E-state index in [-0.39, 0.29) is 27.9 Å². The Bertz CT molecular complexity index is 719. The summed E-state index contributed by atoms with van der Waals surface area (Å²) in [5.74, 6) is 3.27. The van der Waals surface area contributed by atoms with Crippen LogP contribution in [0.3, 0.4) is 0 Å². The van der Waals surface area contributed by atoms with Gasteiger partial charge in [-0.3, -0.25) is 4.79 Å². The molecule has 3 heteroatoms. The van der Waals surface area contributed by atoms with Crippen molar-refractivity contribution in [1.82, 2.24) is 0 Å². The summed E-state index contributed by atoms with van der Waals surface area (Å²) in [4.78, 5) is 13.2. The van der Waals surface area contributed by atoms with E-state index in [0.717, 1.165) is 37.5 Å². The van der Waals surface area contributed by atoms with Gasteiger partial charge in [0.05, 0.1) is 12.2 Å². The van der Waals surface area contributed by atoms with Crippen molar-refractivity contribution in [3.63, 3.8) is 0 Å². The van der Waals surface area contributed by atoms with Gasteiger partial charge < -0.3 is 9.84 Å². The fourth-order valence-electron chi connectivity index (χ4n) is 10.5. The number of epoxide rings is 1. The highest BCUT2D eigenvalue weighted by atomic mass is 16.6. The van der Waals surface area contributed by atoms with Gasteiger partial charge in [-0.15, -0.1) is 0 Å². The van der Waals surface area contributed by atoms with Gasteiger partial charge in [0.15, 0.2) is 0 Å². The number of carbonyl (C=O) groups excluding carboxylic acids is 1. The monoisotopic (exact) mass is 386 g/mol. The molecule has 3 nitrogen and oxygen atoms in total. The van der Waals surface area contributed by atoms with Crippen molar-refractivity contribution < 1.29 is 14.6 Å². The van der Waals surface area contributed by atoms with Gasteiger partial charge in [0.25, 0.3) is 0 Å². The van der Waals surface area contributed by atoms with Crippen LogP contribution in [-0.2, 0) is 9.53 Å². The fourth-order valence-corrected chi connectivity index (χ4v) is 10.5. The van der Waals surface area contributed by atoms with Gasteiger partial charge in [-0.1, -0.05) is 26.7 Å². The second kappa shape index (κ2) is 5.44. The highest BCUT2D eigenvalue weighted by molar-refractivity contribution is 5.84. The van der Waals surface area contributed by atoms with Crippen LogP contribution in [0.15, 0.2) is 0 Å². The third-order valence-corrected chi connectivity index (χ3v) is 11.7. The van der Waals surface area contributed by atoms with Gasteiger partial charge in [0.1, 0.15) is 11.4 Å². The Labute approximate surface area is 170 Å². The molecule has 156 valence electrons. The minimum absolute atomic E-state index is 0.0246. The molecular formula is C25H38O3. The van der Waals surface area contributed by atoms with Crippen LogP contribution in [0.4, 0.5) is 0 Å². The molecular weight excluding hydrogens is 348 g/mol. The number of hydrogen-bond acceptors (Lipinski definition) is 3. The van der Waals surface area contributed by atoms with E-state index < -0.39 is 0 Å². The first-order chi connectivity index (χ1) is 13.3. The Kier molecular flexibility index (Phi) is 3.57. The van der Waals surface area contributed by atoms with Crippen LogP contribution in [0.25, 0.3) is 0 Å². The highest BCUT2D eigenvalue weighted by Gasteiger charge is 2.77. The average molecular weight is 387 g/mol. The summed E-state index contributed by atoms with van der Waals surface area (Å²) in [6.45, 7) is 6.93. The van der Waals surface area contributed by atoms with Gasteiger partial charge in [-0.25, -0.2) is 0 Å². The van der Waals surface area contributed by atoms with E-state index in [0.29, 0.717) is 23.7 Å². The van der Waals surface area contributed by atoms with E-state index in [2.05, 4.69) is 13.8 Å². The molecule has 28 heavy (non-hydrogen) atoms. The molecule has 6 fully saturated rings. The lowest BCUT2D eigenvalue weighted by Gasteiger charge is -2.61. The predicted molar refractivity (Wildman–Crippen MR) is 108 cm³/mol. The van der Waals surface area contributed by atoms with Crippen LogP contribution in [0.2, 0.25) is 0 Å². The van der Waals surface area contributed by atoms with Crippen molar-refractivity contribution >= 4 is 5.78 Å². The maximum Gasteiger partial charge on any atom is 0.136 e. The second-order valence-corrected chi connectivity index (χ2v) is 12.1. The molecule has 1 spiro atoms. The maximum absolute atomic E-state index is 13.2. The topological polar surface area (TPSA) is 49.8 Å². The number of hydrogen-bond donors (Lipinski definition) is 1. The number of rotatable bonds is 1. The normalized spacial score (nSPS) is 62.0. The number of fused-ring (bicyclic) bond motifs is 6. The van der Waals surface area contributed by atoms with Crippen molar-refractivity contribution in [3.05, 3.63) is 0 Å². The van der Waals surface area contributed by atoms with Gasteiger partial charge >= 0.3 is 0 Å². The standard InChI is InChI=1S/C25H38O3/c1-15(26)24-9-5-4-6-16(24)12-20-18-13-21-25(28-21)14-17(27)7-10-23(25,3)19(18)8-11-22(20,24)2/h16-21,27H,4-14H2,1-3H3/t16-,17-,18-,19+,20-,21-,22+,23-,24-,25-/m1/s1. The molecule has 5 aliphatic carbocycles. The predicted octanol–water partition coefficient (Wildman–Crippen LogP) is 4.90. The zero-order chi connectivity index (χ0) is 19.5. The van der Waals surface area contributed by atoms with Gasteiger partial charge in [-0.05, 0) is 87.4 Å². The van der Waals surface area contributed by atoms with E-state index in [4.69, 9.17) is 4.74 Å². The number of ether oxygens (including phenoxy) is 1. The zero-order valence-corrected chi connectivity index (χ0v) is 18.0. The number of aliphatic hydroxyl groups is 1. The highest BCUT2D eigenvalue weighted by Crippen LogP contribution is 2.77. The Morgan fingerprint density at radius 1 is 0.964 bits per heavy atom. The molecule has 0 aromatic rings. The third-order valence-electron chi connectivity index (χ3n) is 11.7. The summed E-state index contributed by atoms with van der Waals surface area (Å²) in [6.07, 6.45) is 13.1. The minimum Gasteiger partial charge on any atom is -0.393 e. The summed E-state index contributed by atoms with van der Waals surface area (Å²) in [6, 6.07) is 0. The van der Waals surface area contributed by atoms with Crippen molar-refractivity contribution in [3.8, 4) is 0 Å². The van der Waals surface area contributed by atoms with E-state index in [9.17, 15) is 9.90 Å². The van der Waals surface area contributed by atoms with Crippen LogP contribution in [0, 0.1) is 39.9 Å². The van der Waals surface area contributed by atoms with Crippen LogP contribution in [0.1, 0.15) is 91.4 Å². The average Bonchev–Trinajstić information content (AvgIpc) is 3.27. The Hall–Kier alpha value is -0.410. The fraction of sp³-hybridized carbons (Fsp3) is 0.960. The molecule has 0 aromatic carbocycles. The first kappa shape index (κ1) is 18.4. The van der Waals surface area contributed by atoms with Crippen molar-refractivity contribution in [2.75, 3.05) is 0 Å². The lowest BCUT2D eigenvalue weighted by atomic mass is 9.42. The molecule has 0 radical (unpaired) electrons. The van der Waals surface area contributed by atoms with Crippen LogP contribution < -0.4 is 0 Å². The molecule has 1 heterocycles. The third kappa shape index (κ3) is 1.84. The molecule has 10 atom stereocenters. The molecule has 1 aliphatic heterocycles. The van der Waals surface area contributed by atoms with Crippen LogP contribution in [0.5, 0.6) is 0 Å². The van der Waals surface area contributed by atoms with Crippen LogP contribution >= 0.6 is 0 Å². The molecule has 1 saturated heterocycles. The smallest absolute Gasteiger partial charge is 0.136 e. The second-order valence-electron chi connectivity index (χ2n) is 12.1. The Morgan fingerprint density at radius 3 is 2.54 bits per heavy atom. The number of carbonyl (C=O) groups is 1. The van der Waals surface area contributed by atoms with E-state index in [1.165, 1.54) is 44.9 Å². The molecule has 0 bridgehead atoms. The molecule has 0 unspecified atom stereocenters. The first-order valence-corrected chi connectivity index (χ1v) is 12.2. The molecule has 5 saturated carbocycles. The Morgan fingerprint density at radius 2 is 1.75 bits per heavy atom. The number of aliphatic hydroxyl groups excluding tert-OH is 1. The SMILES string of the molecule is CC(=O)[C@]12CCCC[C@@H]1C[C@@H]1[C@@H]3C[C@H]4O[C@]45C[C@H](O)CC[C@]5(C)[C@H]3CC[C@@]12C. The summed E-state index contributed by atoms with van der Waals surface area (Å²) in [5, 5.41) is 10.4. The first-order valence-electron chi connectivity index (χ1n) is 12.2. The lowest BCUT2D eigenvalue weighted by molar-refractivity contribution is -0.154. The molecule has 0 amide bonds. The summed E-state index contributed by atoms with van der Waals surface area (Å²) in [5.41, 5.74) is 0.371. The van der Waals surface area contributed by atoms with E-state index in [1.54, 1.807) is 0 Å². The Balaban J connectivity index is 1.40. The van der Waals surface area contributed by atoms with E-state index in [1.807, 2.05) is 6.92 Å². The minimum atomic E-state index is -0.168. The van der Waals surface area contributed by atoms with Gasteiger partial charge in [0, 0.05) is 17.3 Å². The molecule has 6 aliphatic rings. The zero-order valence-electron chi connectivity index (χ0n) is 18.0. The van der Waals surface area contributed by atoms with Crippen molar-refractivity contribution in [2.45, 2.75) is 109 Å². The molecule has 1 N–H and O–H groups in total. The maximum atomic E-state index is 13.2. The van der Waals surface area contributed by atoms with Gasteiger partial charge in [-0.2, -0.15) is 0 Å². The quantitative estimate of drug-likeness (QED) is 0.652. The van der Waals surface area contributed by atoms with Gasteiger partial charge in [0.2, 0.25) is 0 Å². The number of ketones is 1. The van der Waals surface area contributed by atoms with E-state index >= 15 is 0 Å². The van der Waals surface area contributed by atoms with Crippen LogP contribution in [-0.4, -0.2) is 28.7 Å². The molecule has 0 aromatic heterocycles. The largest absolute Gasteiger partial charge is 0.393 e. The lowest BCUT2D eigenvalue weighted by Crippen LogP contribution is -2.60. The van der Waals surface area contributed by atoms with Crippen molar-refractivity contribution in [1.29, 1.82) is 0 Å². The molecule has 6 rings (SSSR count). The summed E-state index contributed by atoms with van der Waals surface area (Å²) < 4.78 is 6.48. The summed E-state index contributed by atoms with van der Waals surface area (Å²) >= 11 is 0. The number of Topliss-reactive ketones (excluding diaryl/α,β-unsaturated/α-hetero) is 1. The van der Waals surface area contributed by atoms with Crippen molar-refractivity contribution in [2.24, 2.45) is 39.9 Å².